The molecule has 12 heteroatoms. The van der Waals surface area contributed by atoms with E-state index in [9.17, 15) is 50.4 Å². The van der Waals surface area contributed by atoms with E-state index in [4.69, 9.17) is 4.74 Å². The molecule has 5 rings (SSSR count). The number of ether oxygens (including phenoxy) is 1. The van der Waals surface area contributed by atoms with Crippen LogP contribution in [-0.4, -0.2) is 72.0 Å². The number of aliphatic carboxylic acids is 1. The zero-order valence-corrected chi connectivity index (χ0v) is 30.7. The van der Waals surface area contributed by atoms with Crippen molar-refractivity contribution in [1.29, 1.82) is 0 Å². The summed E-state index contributed by atoms with van der Waals surface area (Å²) in [6.07, 6.45) is 6.97. The Morgan fingerprint density at radius 3 is 2.18 bits per heavy atom. The van der Waals surface area contributed by atoms with Crippen molar-refractivity contribution >= 4 is 29.7 Å². The van der Waals surface area contributed by atoms with Crippen LogP contribution in [0.2, 0.25) is 0 Å². The van der Waals surface area contributed by atoms with Crippen molar-refractivity contribution in [1.82, 2.24) is 5.32 Å². The van der Waals surface area contributed by atoms with Crippen LogP contribution in [0.3, 0.4) is 0 Å². The molecule has 9 N–H and O–H groups in total. The van der Waals surface area contributed by atoms with Gasteiger partial charge in [0.05, 0.1) is 0 Å². The van der Waals surface area contributed by atoms with Crippen molar-refractivity contribution in [3.8, 4) is 51.4 Å². The predicted octanol–water partition coefficient (Wildman–Crippen LogP) is 7.31. The Kier molecular flexibility index (Phi) is 13.0. The van der Waals surface area contributed by atoms with Gasteiger partial charge in [-0.2, -0.15) is 0 Å². The van der Waals surface area contributed by atoms with Gasteiger partial charge in [0.15, 0.2) is 34.5 Å². The maximum absolute atomic E-state index is 13.7. The van der Waals surface area contributed by atoms with Crippen molar-refractivity contribution in [2.45, 2.75) is 70.8 Å². The van der Waals surface area contributed by atoms with Crippen LogP contribution in [0.25, 0.3) is 28.9 Å². The molecule has 1 aliphatic rings. The van der Waals surface area contributed by atoms with Gasteiger partial charge in [-0.1, -0.05) is 57.0 Å². The quantitative estimate of drug-likeness (QED) is 0.0192. The van der Waals surface area contributed by atoms with E-state index in [1.807, 2.05) is 19.9 Å². The summed E-state index contributed by atoms with van der Waals surface area (Å²) < 4.78 is 5.62. The number of benzene rings is 4. The van der Waals surface area contributed by atoms with Crippen LogP contribution in [0, 0.1) is 0 Å². The van der Waals surface area contributed by atoms with Gasteiger partial charge < -0.3 is 50.9 Å². The molecule has 12 nitrogen and oxygen atoms in total. The number of carbonyl (C=O) groups excluding carboxylic acids is 1. The van der Waals surface area contributed by atoms with E-state index in [1.165, 1.54) is 42.5 Å². The number of hydrogen-bond donors (Lipinski definition) is 9. The summed E-state index contributed by atoms with van der Waals surface area (Å²) in [5.41, 5.74) is 4.48. The molecule has 0 aromatic heterocycles. The van der Waals surface area contributed by atoms with Crippen molar-refractivity contribution in [3.63, 3.8) is 0 Å². The third-order valence-electron chi connectivity index (χ3n) is 9.86. The van der Waals surface area contributed by atoms with Gasteiger partial charge >= 0.3 is 11.9 Å². The minimum atomic E-state index is -1.70. The fraction of sp³-hybridized carbons (Fsp3) is 0.302. The average molecular weight is 754 g/mol. The number of aromatic hydroxyl groups is 7. The zero-order valence-electron chi connectivity index (χ0n) is 30.7. The van der Waals surface area contributed by atoms with Crippen LogP contribution in [0.4, 0.5) is 0 Å². The lowest BCUT2D eigenvalue weighted by molar-refractivity contribution is -0.162. The number of unbranched alkanes of at least 4 members (excludes halogenated alkanes) is 2. The minimum Gasteiger partial charge on any atom is -0.508 e. The van der Waals surface area contributed by atoms with Crippen LogP contribution in [0.1, 0.15) is 85.3 Å². The van der Waals surface area contributed by atoms with Crippen LogP contribution in [-0.2, 0) is 27.2 Å². The summed E-state index contributed by atoms with van der Waals surface area (Å²) in [6, 6.07) is 13.1. The first kappa shape index (κ1) is 40.1. The van der Waals surface area contributed by atoms with Crippen LogP contribution >= 0.6 is 0 Å². The number of phenols is 7. The Hall–Kier alpha value is -6.14. The number of hydrogen-bond acceptors (Lipinski definition) is 11. The second-order valence-electron chi connectivity index (χ2n) is 13.6. The predicted molar refractivity (Wildman–Crippen MR) is 208 cm³/mol. The summed E-state index contributed by atoms with van der Waals surface area (Å²) in [5.74, 6) is -5.56. The normalized spacial score (nSPS) is 13.8. The molecule has 0 saturated carbocycles. The topological polar surface area (TPSA) is 217 Å². The molecule has 0 bridgehead atoms. The molecule has 1 aliphatic carbocycles. The van der Waals surface area contributed by atoms with Crippen molar-refractivity contribution in [3.05, 3.63) is 94.1 Å². The Labute approximate surface area is 318 Å². The van der Waals surface area contributed by atoms with Gasteiger partial charge in [-0.05, 0) is 114 Å². The first-order valence-corrected chi connectivity index (χ1v) is 18.3. The third-order valence-corrected chi connectivity index (χ3v) is 9.86. The van der Waals surface area contributed by atoms with Crippen LogP contribution < -0.4 is 5.32 Å². The Balaban J connectivity index is 1.59. The number of carboxylic acid groups (broad SMARTS) is 1. The number of rotatable bonds is 15. The molecule has 2 atom stereocenters. The van der Waals surface area contributed by atoms with Gasteiger partial charge in [-0.15, -0.1) is 0 Å². The molecule has 290 valence electrons. The lowest BCUT2D eigenvalue weighted by atomic mass is 9.89. The highest BCUT2D eigenvalue weighted by molar-refractivity contribution is 5.96. The maximum Gasteiger partial charge on any atom is 0.345 e. The summed E-state index contributed by atoms with van der Waals surface area (Å²) >= 11 is 0. The molecule has 4 aromatic carbocycles. The number of phenolic OH excluding ortho intramolecular Hbond substituents is 7. The van der Waals surface area contributed by atoms with E-state index in [1.54, 1.807) is 24.3 Å². The van der Waals surface area contributed by atoms with Crippen molar-refractivity contribution < 1.29 is 55.2 Å². The fourth-order valence-corrected chi connectivity index (χ4v) is 7.06. The largest absolute Gasteiger partial charge is 0.508 e. The van der Waals surface area contributed by atoms with E-state index in [-0.39, 0.29) is 23.8 Å². The number of carboxylic acids is 1. The molecule has 0 aliphatic heterocycles. The zero-order chi connectivity index (χ0) is 39.8. The molecule has 4 aromatic rings. The fourth-order valence-electron chi connectivity index (χ4n) is 7.06. The van der Waals surface area contributed by atoms with Crippen molar-refractivity contribution in [2.75, 3.05) is 13.1 Å². The molecule has 0 saturated heterocycles. The third kappa shape index (κ3) is 9.15. The van der Waals surface area contributed by atoms with Gasteiger partial charge in [0.25, 0.3) is 0 Å². The van der Waals surface area contributed by atoms with Gasteiger partial charge in [-0.25, -0.2) is 9.59 Å². The smallest absolute Gasteiger partial charge is 0.345 e. The van der Waals surface area contributed by atoms with E-state index in [0.29, 0.717) is 88.7 Å². The number of fused-ring (bicyclic) bond motifs is 3. The lowest BCUT2D eigenvalue weighted by Crippen LogP contribution is -2.38. The van der Waals surface area contributed by atoms with Crippen molar-refractivity contribution in [2.24, 2.45) is 0 Å². The Morgan fingerprint density at radius 2 is 1.47 bits per heavy atom. The molecular weight excluding hydrogens is 706 g/mol. The lowest BCUT2D eigenvalue weighted by Gasteiger charge is -2.25. The Morgan fingerprint density at radius 1 is 0.782 bits per heavy atom. The molecule has 2 unspecified atom stereocenters. The summed E-state index contributed by atoms with van der Waals surface area (Å²) in [7, 11) is 0. The minimum absolute atomic E-state index is 0.0689. The van der Waals surface area contributed by atoms with Gasteiger partial charge in [-0.3, -0.25) is 0 Å². The van der Waals surface area contributed by atoms with E-state index in [2.05, 4.69) is 5.32 Å². The van der Waals surface area contributed by atoms with Gasteiger partial charge in [0.2, 0.25) is 6.10 Å². The number of esters is 1. The standard InChI is InChI=1S/C43H47NO11/c1-3-5-6-9-24(21-39(51)55-42(43(53)54)32(23-44-4-2)26-16-17-34(46)35(47)19-26)31-22-37(49)36(48)18-25(31)14-15-27-20-38(50)41(52)30-12-7-10-28-29(40(27)30)11-8-13-33(28)45/h8,11,13-22,32,42,44-50,52H,3-7,9-10,12,23H2,1-2H3,(H,53,54). The van der Waals surface area contributed by atoms with E-state index in [0.717, 1.165) is 12.8 Å². The first-order chi connectivity index (χ1) is 26.3. The summed E-state index contributed by atoms with van der Waals surface area (Å²) in [4.78, 5) is 26.3. The van der Waals surface area contributed by atoms with Gasteiger partial charge in [0, 0.05) is 29.7 Å². The molecular formula is C43H47NO11. The van der Waals surface area contributed by atoms with Crippen LogP contribution in [0.15, 0.2) is 60.7 Å². The average Bonchev–Trinajstić information content (AvgIpc) is 3.35. The monoisotopic (exact) mass is 753 g/mol. The summed E-state index contributed by atoms with van der Waals surface area (Å²) in [5, 5.41) is 86.9. The molecule has 0 fully saturated rings. The second kappa shape index (κ2) is 17.8. The number of nitrogens with one attached hydrogen (secondary N) is 1. The molecule has 0 spiro atoms. The molecule has 55 heavy (non-hydrogen) atoms. The number of carbonyl (C=O) groups is 2. The summed E-state index contributed by atoms with van der Waals surface area (Å²) in [6.45, 7) is 4.38. The van der Waals surface area contributed by atoms with E-state index < -0.39 is 47.0 Å². The first-order valence-electron chi connectivity index (χ1n) is 18.3. The Bertz CT molecular complexity index is 2120. The number of likely N-dealkylation sites (N-methyl/N-ethyl adjacent to an activating group) is 1. The highest BCUT2D eigenvalue weighted by Gasteiger charge is 2.33. The SMILES string of the molecule is CCCCCC(=CC(=O)OC(C(=O)O)C(CNCC)c1ccc(O)c(O)c1)c1cc(O)c(O)cc1C=Cc1cc(O)c(O)c2c1-c1cccc(O)c1CCC2. The number of allylic oxidation sites excluding steroid dienone is 1. The highest BCUT2D eigenvalue weighted by Crippen LogP contribution is 2.46. The van der Waals surface area contributed by atoms with Crippen LogP contribution in [0.5, 0.6) is 40.2 Å². The van der Waals surface area contributed by atoms with E-state index >= 15 is 0 Å². The highest BCUT2D eigenvalue weighted by atomic mass is 16.6. The second-order valence-corrected chi connectivity index (χ2v) is 13.6. The molecule has 0 radical (unpaired) electrons. The maximum atomic E-state index is 13.7. The van der Waals surface area contributed by atoms with Gasteiger partial charge in [0.1, 0.15) is 5.75 Å². The molecule has 0 heterocycles. The molecule has 0 amide bonds.